The van der Waals surface area contributed by atoms with Gasteiger partial charge in [0.05, 0.1) is 5.75 Å². The highest BCUT2D eigenvalue weighted by Gasteiger charge is 2.54. The van der Waals surface area contributed by atoms with Crippen molar-refractivity contribution in [3.63, 3.8) is 0 Å². The van der Waals surface area contributed by atoms with E-state index in [0.717, 1.165) is 21.7 Å². The van der Waals surface area contributed by atoms with Crippen LogP contribution >= 0.6 is 11.8 Å². The third-order valence-corrected chi connectivity index (χ3v) is 6.53. The number of fused-ring (bicyclic) bond motifs is 1. The molecule has 3 heterocycles. The molecule has 186 valence electrons. The molecular formula is C20H29N7O6S. The minimum atomic E-state index is -1.36. The van der Waals surface area contributed by atoms with E-state index >= 15 is 0 Å². The number of amidine groups is 1. The highest BCUT2D eigenvalue weighted by atomic mass is 32.2. The molecule has 3 aliphatic rings. The largest absolute Gasteiger partial charge is 0.489 e. The monoisotopic (exact) mass is 495 g/mol. The van der Waals surface area contributed by atoms with Crippen LogP contribution in [0.3, 0.4) is 0 Å². The van der Waals surface area contributed by atoms with Crippen LogP contribution in [0.4, 0.5) is 0 Å². The van der Waals surface area contributed by atoms with Crippen LogP contribution in [-0.2, 0) is 23.9 Å². The normalized spacial score (nSPS) is 23.8. The molecule has 6 N–H and O–H groups in total. The van der Waals surface area contributed by atoms with Crippen molar-refractivity contribution < 1.29 is 29.0 Å². The van der Waals surface area contributed by atoms with Crippen LogP contribution in [-0.4, -0.2) is 93.4 Å². The molecule has 0 aromatic rings. The first kappa shape index (κ1) is 25.4. The van der Waals surface area contributed by atoms with Gasteiger partial charge >= 0.3 is 5.97 Å². The number of allylic oxidation sites excluding steroid dienone is 1. The van der Waals surface area contributed by atoms with E-state index < -0.39 is 29.9 Å². The second-order valence-electron chi connectivity index (χ2n) is 8.53. The Labute approximate surface area is 200 Å². The molecule has 0 saturated carbocycles. The molecule has 2 fully saturated rings. The number of hydrazone groups is 1. The van der Waals surface area contributed by atoms with Crippen LogP contribution in [0, 0.1) is 5.92 Å². The molecule has 0 spiro atoms. The lowest BCUT2D eigenvalue weighted by Crippen LogP contribution is -2.73. The molecule has 14 heteroatoms. The van der Waals surface area contributed by atoms with Crippen molar-refractivity contribution in [2.24, 2.45) is 22.7 Å². The number of ether oxygens (including phenoxy) is 1. The summed E-state index contributed by atoms with van der Waals surface area (Å²) in [6, 6.07) is -1.61. The molecule has 34 heavy (non-hydrogen) atoms. The number of carbonyl (C=O) groups is 4. The topological polar surface area (TPSA) is 184 Å². The molecule has 0 aliphatic carbocycles. The van der Waals surface area contributed by atoms with Gasteiger partial charge in [-0.2, -0.15) is 5.10 Å². The smallest absolute Gasteiger partial charge is 0.356 e. The number of carboxylic acids is 1. The second-order valence-corrected chi connectivity index (χ2v) is 9.47. The van der Waals surface area contributed by atoms with E-state index in [9.17, 15) is 24.3 Å². The van der Waals surface area contributed by atoms with Crippen LogP contribution in [0.5, 0.6) is 0 Å². The van der Waals surface area contributed by atoms with Gasteiger partial charge in [0.15, 0.2) is 16.6 Å². The lowest BCUT2D eigenvalue weighted by molar-refractivity contribution is -0.160. The number of nitrogens with two attached hydrogens (primary N) is 2. The maximum absolute atomic E-state index is 12.8. The molecule has 3 amide bonds. The van der Waals surface area contributed by atoms with Crippen molar-refractivity contribution in [2.45, 2.75) is 32.4 Å². The molecule has 3 rings (SSSR count). The van der Waals surface area contributed by atoms with Crippen molar-refractivity contribution in [2.75, 3.05) is 32.5 Å². The Morgan fingerprint density at radius 3 is 2.71 bits per heavy atom. The maximum Gasteiger partial charge on any atom is 0.356 e. The van der Waals surface area contributed by atoms with Crippen LogP contribution < -0.4 is 17.0 Å². The Kier molecular flexibility index (Phi) is 7.71. The zero-order valence-electron chi connectivity index (χ0n) is 19.2. The number of nitrogens with one attached hydrogen (secondary N) is 1. The SMILES string of the molecule is CC(C)CN1CC/C(=C\C2=C(C(=O)O)N3C(=O)C(NC(=O)CS/C(=N/N)N(C)N)C3CO2)C1=O. The summed E-state index contributed by atoms with van der Waals surface area (Å²) in [6.45, 7) is 5.15. The fourth-order valence-electron chi connectivity index (χ4n) is 3.98. The Bertz CT molecular complexity index is 976. The minimum Gasteiger partial charge on any atom is -0.489 e. The fourth-order valence-corrected chi connectivity index (χ4v) is 4.60. The zero-order chi connectivity index (χ0) is 25.2. The van der Waals surface area contributed by atoms with Crippen LogP contribution in [0.2, 0.25) is 0 Å². The van der Waals surface area contributed by atoms with Gasteiger partial charge in [0.1, 0.15) is 18.7 Å². The lowest BCUT2D eigenvalue weighted by atomic mass is 9.92. The summed E-state index contributed by atoms with van der Waals surface area (Å²) in [5.74, 6) is 8.35. The highest BCUT2D eigenvalue weighted by molar-refractivity contribution is 8.14. The van der Waals surface area contributed by atoms with Crippen molar-refractivity contribution in [3.8, 4) is 0 Å². The molecule has 0 aromatic carbocycles. The number of carbonyl (C=O) groups excluding carboxylic acids is 3. The van der Waals surface area contributed by atoms with Gasteiger partial charge in [-0.15, -0.1) is 0 Å². The van der Waals surface area contributed by atoms with E-state index in [-0.39, 0.29) is 34.9 Å². The molecule has 2 atom stereocenters. The van der Waals surface area contributed by atoms with Crippen LogP contribution in [0.25, 0.3) is 0 Å². The predicted octanol–water partition coefficient (Wildman–Crippen LogP) is -1.41. The molecule has 13 nitrogen and oxygen atoms in total. The van der Waals surface area contributed by atoms with E-state index in [1.807, 2.05) is 13.8 Å². The number of amides is 3. The van der Waals surface area contributed by atoms with E-state index in [2.05, 4.69) is 10.4 Å². The fraction of sp³-hybridized carbons (Fsp3) is 0.550. The standard InChI is InChI=1S/C20H29N7O6S/c1-10(2)7-26-5-4-11(17(26)29)6-13-16(19(31)32)27-12(8-33-13)15(18(27)30)23-14(28)9-34-20(24-21)25(3)22/h6,10,12,15H,4-5,7-9,21-22H2,1-3H3,(H,23,28)(H,31,32)/b11-6+,24-20+. The van der Waals surface area contributed by atoms with Crippen molar-refractivity contribution in [3.05, 3.63) is 23.1 Å². The quantitative estimate of drug-likeness (QED) is 0.0817. The lowest BCUT2D eigenvalue weighted by Gasteiger charge is -2.49. The molecule has 0 aromatic heterocycles. The predicted molar refractivity (Wildman–Crippen MR) is 123 cm³/mol. The number of thioether (sulfide) groups is 1. The van der Waals surface area contributed by atoms with Crippen molar-refractivity contribution in [1.29, 1.82) is 0 Å². The molecule has 0 bridgehead atoms. The first-order valence-electron chi connectivity index (χ1n) is 10.7. The van der Waals surface area contributed by atoms with E-state index in [1.54, 1.807) is 4.90 Å². The van der Waals surface area contributed by atoms with E-state index in [4.69, 9.17) is 16.4 Å². The van der Waals surface area contributed by atoms with Gasteiger partial charge < -0.3 is 25.9 Å². The first-order valence-corrected chi connectivity index (χ1v) is 11.6. The van der Waals surface area contributed by atoms with Crippen molar-refractivity contribution in [1.82, 2.24) is 20.1 Å². The average Bonchev–Trinajstić information content (AvgIpc) is 3.10. The van der Waals surface area contributed by atoms with Gasteiger partial charge in [-0.05, 0) is 18.4 Å². The number of hydrogen-bond acceptors (Lipinski definition) is 9. The number of aliphatic carboxylic acids is 1. The van der Waals surface area contributed by atoms with Gasteiger partial charge in [-0.1, -0.05) is 25.6 Å². The summed E-state index contributed by atoms with van der Waals surface area (Å²) in [6.07, 6.45) is 1.88. The number of hydrazine groups is 1. The Morgan fingerprint density at radius 1 is 1.41 bits per heavy atom. The van der Waals surface area contributed by atoms with Gasteiger partial charge in [0.25, 0.3) is 5.91 Å². The summed E-state index contributed by atoms with van der Waals surface area (Å²) in [7, 11) is 1.51. The first-order chi connectivity index (χ1) is 16.0. The van der Waals surface area contributed by atoms with Crippen LogP contribution in [0.15, 0.2) is 28.2 Å². The zero-order valence-corrected chi connectivity index (χ0v) is 20.0. The molecule has 0 radical (unpaired) electrons. The number of nitrogens with zero attached hydrogens (tertiary/aromatic N) is 4. The Morgan fingerprint density at radius 2 is 2.12 bits per heavy atom. The minimum absolute atomic E-state index is 0.0231. The maximum atomic E-state index is 12.8. The summed E-state index contributed by atoms with van der Waals surface area (Å²) in [5, 5.41) is 17.2. The summed E-state index contributed by atoms with van der Waals surface area (Å²) in [5.41, 5.74) is 0.0935. The van der Waals surface area contributed by atoms with Crippen LogP contribution in [0.1, 0.15) is 20.3 Å². The Balaban J connectivity index is 1.71. The van der Waals surface area contributed by atoms with Gasteiger partial charge in [-0.3, -0.25) is 24.3 Å². The average molecular weight is 496 g/mol. The summed E-state index contributed by atoms with van der Waals surface area (Å²) >= 11 is 0.983. The molecular weight excluding hydrogens is 466 g/mol. The Hall–Kier alpha value is -3.26. The number of β-lactam (4-membered cyclic amide) rings is 1. The van der Waals surface area contributed by atoms with E-state index in [1.165, 1.54) is 13.1 Å². The van der Waals surface area contributed by atoms with Gasteiger partial charge in [-0.25, -0.2) is 10.6 Å². The van der Waals surface area contributed by atoms with E-state index in [0.29, 0.717) is 31.0 Å². The number of rotatable bonds is 7. The third kappa shape index (κ3) is 5.12. The third-order valence-electron chi connectivity index (χ3n) is 5.47. The van der Waals surface area contributed by atoms with Gasteiger partial charge in [0.2, 0.25) is 11.8 Å². The summed E-state index contributed by atoms with van der Waals surface area (Å²) in [4.78, 5) is 52.5. The van der Waals surface area contributed by atoms with Gasteiger partial charge in [0, 0.05) is 25.7 Å². The van der Waals surface area contributed by atoms with Crippen molar-refractivity contribution >= 4 is 40.6 Å². The summed E-state index contributed by atoms with van der Waals surface area (Å²) < 4.78 is 5.66. The number of likely N-dealkylation sites (tertiary alicyclic amines) is 1. The molecule has 2 unspecified atom stereocenters. The highest BCUT2D eigenvalue weighted by Crippen LogP contribution is 2.34. The number of hydrogen-bond donors (Lipinski definition) is 4. The number of carboxylic acid groups (broad SMARTS) is 1. The second kappa shape index (κ2) is 10.3. The molecule has 2 saturated heterocycles. The molecule has 3 aliphatic heterocycles.